The summed E-state index contributed by atoms with van der Waals surface area (Å²) in [5.41, 5.74) is -3.41. The van der Waals surface area contributed by atoms with Crippen molar-refractivity contribution in [3.63, 3.8) is 0 Å². The number of phenolic OH excluding ortho intramolecular Hbond substituents is 1. The molecule has 0 atom stereocenters. The summed E-state index contributed by atoms with van der Waals surface area (Å²) >= 11 is 0. The average molecular weight is 556 g/mol. The standard InChI is InChI=1S/C27H22F6O6/c1-37-19-10-4-17(5-11-19)7-15-23(36)39-21-13-12-20(24(26(28,29)30)25(21)27(31,32)33)38-22(35)14-6-16-2-8-18(34)9-3-16/h2-5,8-13,34H,6-7,14-15H2,1H3. The molecular weight excluding hydrogens is 534 g/mol. The summed E-state index contributed by atoms with van der Waals surface area (Å²) in [5, 5.41) is 9.28. The number of hydrogen-bond acceptors (Lipinski definition) is 6. The third-order valence-corrected chi connectivity index (χ3v) is 5.47. The summed E-state index contributed by atoms with van der Waals surface area (Å²) in [7, 11) is 1.45. The highest BCUT2D eigenvalue weighted by Gasteiger charge is 2.48. The summed E-state index contributed by atoms with van der Waals surface area (Å²) in [6.45, 7) is 0. The summed E-state index contributed by atoms with van der Waals surface area (Å²) in [5.74, 6) is -4.65. The fraction of sp³-hybridized carbons (Fsp3) is 0.259. The lowest BCUT2D eigenvalue weighted by atomic mass is 10.0. The summed E-state index contributed by atoms with van der Waals surface area (Å²) < 4.78 is 97.6. The number of aryl methyl sites for hydroxylation is 2. The van der Waals surface area contributed by atoms with Gasteiger partial charge in [0.2, 0.25) is 0 Å². The molecule has 0 spiro atoms. The number of halogens is 6. The zero-order valence-electron chi connectivity index (χ0n) is 20.4. The number of carbonyl (C=O) groups is 2. The van der Waals surface area contributed by atoms with Crippen LogP contribution in [0.1, 0.15) is 35.1 Å². The van der Waals surface area contributed by atoms with Crippen LogP contribution in [0.25, 0.3) is 0 Å². The second-order valence-corrected chi connectivity index (χ2v) is 8.27. The molecule has 0 saturated heterocycles. The molecule has 0 amide bonds. The van der Waals surface area contributed by atoms with Gasteiger partial charge in [-0.25, -0.2) is 0 Å². The van der Waals surface area contributed by atoms with Crippen LogP contribution >= 0.6 is 0 Å². The van der Waals surface area contributed by atoms with Crippen LogP contribution in [0.3, 0.4) is 0 Å². The van der Waals surface area contributed by atoms with Gasteiger partial charge in [-0.1, -0.05) is 24.3 Å². The molecule has 0 saturated carbocycles. The minimum atomic E-state index is -5.61. The molecule has 208 valence electrons. The van der Waals surface area contributed by atoms with E-state index in [-0.39, 0.29) is 18.6 Å². The average Bonchev–Trinajstić information content (AvgIpc) is 2.86. The smallest absolute Gasteiger partial charge is 0.420 e. The predicted molar refractivity (Wildman–Crippen MR) is 125 cm³/mol. The molecule has 3 rings (SSSR count). The molecule has 1 N–H and O–H groups in total. The Morgan fingerprint density at radius 1 is 0.667 bits per heavy atom. The van der Waals surface area contributed by atoms with Gasteiger partial charge < -0.3 is 19.3 Å². The van der Waals surface area contributed by atoms with Crippen molar-refractivity contribution in [2.24, 2.45) is 0 Å². The van der Waals surface area contributed by atoms with Crippen molar-refractivity contribution in [2.45, 2.75) is 38.0 Å². The van der Waals surface area contributed by atoms with Crippen LogP contribution in [0.2, 0.25) is 0 Å². The van der Waals surface area contributed by atoms with Crippen LogP contribution < -0.4 is 14.2 Å². The van der Waals surface area contributed by atoms with Gasteiger partial charge in [0.25, 0.3) is 0 Å². The highest BCUT2D eigenvalue weighted by molar-refractivity contribution is 5.75. The monoisotopic (exact) mass is 556 g/mol. The zero-order chi connectivity index (χ0) is 28.8. The van der Waals surface area contributed by atoms with Crippen LogP contribution in [-0.2, 0) is 34.8 Å². The largest absolute Gasteiger partial charge is 0.508 e. The number of esters is 2. The van der Waals surface area contributed by atoms with Crippen LogP contribution in [0.4, 0.5) is 26.3 Å². The van der Waals surface area contributed by atoms with Crippen LogP contribution in [0, 0.1) is 0 Å². The Morgan fingerprint density at radius 3 is 1.41 bits per heavy atom. The highest BCUT2D eigenvalue weighted by atomic mass is 19.4. The van der Waals surface area contributed by atoms with Gasteiger partial charge in [-0.05, 0) is 60.4 Å². The number of carbonyl (C=O) groups excluding carboxylic acids is 2. The predicted octanol–water partition coefficient (Wildman–Crippen LogP) is 6.51. The van der Waals surface area contributed by atoms with Gasteiger partial charge in [0.15, 0.2) is 0 Å². The Labute approximate surface area is 218 Å². The summed E-state index contributed by atoms with van der Waals surface area (Å²) in [6, 6.07) is 13.0. The third kappa shape index (κ3) is 8.13. The summed E-state index contributed by atoms with van der Waals surface area (Å²) in [4.78, 5) is 24.5. The van der Waals surface area contributed by atoms with E-state index in [2.05, 4.69) is 4.74 Å². The lowest BCUT2D eigenvalue weighted by molar-refractivity contribution is -0.165. The van der Waals surface area contributed by atoms with E-state index in [1.54, 1.807) is 24.3 Å². The zero-order valence-corrected chi connectivity index (χ0v) is 20.4. The molecule has 0 aliphatic heterocycles. The van der Waals surface area contributed by atoms with Gasteiger partial charge in [-0.3, -0.25) is 9.59 Å². The Balaban J connectivity index is 1.82. The molecule has 0 fully saturated rings. The summed E-state index contributed by atoms with van der Waals surface area (Å²) in [6.07, 6.45) is -12.0. The lowest BCUT2D eigenvalue weighted by Gasteiger charge is -2.21. The van der Waals surface area contributed by atoms with E-state index in [1.807, 2.05) is 0 Å². The van der Waals surface area contributed by atoms with E-state index >= 15 is 0 Å². The number of rotatable bonds is 9. The fourth-order valence-electron chi connectivity index (χ4n) is 3.59. The van der Waals surface area contributed by atoms with Gasteiger partial charge in [-0.2, -0.15) is 26.3 Å². The van der Waals surface area contributed by atoms with E-state index in [0.29, 0.717) is 29.0 Å². The van der Waals surface area contributed by atoms with Crippen molar-refractivity contribution in [1.82, 2.24) is 0 Å². The molecule has 0 unspecified atom stereocenters. The fourth-order valence-corrected chi connectivity index (χ4v) is 3.59. The van der Waals surface area contributed by atoms with Crippen LogP contribution in [0.5, 0.6) is 23.0 Å². The van der Waals surface area contributed by atoms with E-state index in [0.717, 1.165) is 0 Å². The lowest BCUT2D eigenvalue weighted by Crippen LogP contribution is -2.22. The molecule has 0 bridgehead atoms. The number of aromatic hydroxyl groups is 1. The number of ether oxygens (including phenoxy) is 3. The maximum atomic E-state index is 13.9. The second-order valence-electron chi connectivity index (χ2n) is 8.27. The van der Waals surface area contributed by atoms with Gasteiger partial charge in [-0.15, -0.1) is 0 Å². The third-order valence-electron chi connectivity index (χ3n) is 5.47. The minimum absolute atomic E-state index is 0.00349. The molecule has 0 radical (unpaired) electrons. The maximum absolute atomic E-state index is 13.9. The van der Waals surface area contributed by atoms with Gasteiger partial charge >= 0.3 is 24.3 Å². The van der Waals surface area contributed by atoms with Crippen molar-refractivity contribution in [3.05, 3.63) is 82.9 Å². The quantitative estimate of drug-likeness (QED) is 0.184. The molecule has 3 aromatic carbocycles. The first-order chi connectivity index (χ1) is 18.3. The van der Waals surface area contributed by atoms with Gasteiger partial charge in [0.05, 0.1) is 7.11 Å². The van der Waals surface area contributed by atoms with Gasteiger partial charge in [0, 0.05) is 12.8 Å². The Kier molecular flexibility index (Phi) is 9.10. The van der Waals surface area contributed by atoms with Crippen LogP contribution in [-0.4, -0.2) is 24.2 Å². The normalized spacial score (nSPS) is 11.7. The number of phenols is 1. The maximum Gasteiger partial charge on any atom is 0.420 e. The second kappa shape index (κ2) is 12.1. The molecule has 6 nitrogen and oxygen atoms in total. The number of benzene rings is 3. The first-order valence-electron chi connectivity index (χ1n) is 11.4. The molecule has 0 aliphatic rings. The molecule has 3 aromatic rings. The first kappa shape index (κ1) is 29.3. The van der Waals surface area contributed by atoms with E-state index < -0.39 is 59.8 Å². The molecule has 0 aromatic heterocycles. The number of alkyl halides is 6. The Bertz CT molecular complexity index is 1300. The molecule has 0 aliphatic carbocycles. The van der Waals surface area contributed by atoms with E-state index in [4.69, 9.17) is 9.47 Å². The van der Waals surface area contributed by atoms with Crippen molar-refractivity contribution >= 4 is 11.9 Å². The van der Waals surface area contributed by atoms with E-state index in [1.165, 1.54) is 31.4 Å². The molecule has 39 heavy (non-hydrogen) atoms. The molecule has 0 heterocycles. The SMILES string of the molecule is COc1ccc(CCC(=O)Oc2ccc(OC(=O)CCc3ccc(O)cc3)c(C(F)(F)F)c2C(F)(F)F)cc1. The van der Waals surface area contributed by atoms with Crippen molar-refractivity contribution in [2.75, 3.05) is 7.11 Å². The minimum Gasteiger partial charge on any atom is -0.508 e. The Morgan fingerprint density at radius 2 is 1.05 bits per heavy atom. The van der Waals surface area contributed by atoms with Gasteiger partial charge in [0.1, 0.15) is 34.1 Å². The van der Waals surface area contributed by atoms with Crippen molar-refractivity contribution < 1.29 is 55.2 Å². The highest BCUT2D eigenvalue weighted by Crippen LogP contribution is 2.49. The van der Waals surface area contributed by atoms with Crippen molar-refractivity contribution in [1.29, 1.82) is 0 Å². The first-order valence-corrected chi connectivity index (χ1v) is 11.4. The number of hydrogen-bond donors (Lipinski definition) is 1. The molecule has 12 heteroatoms. The topological polar surface area (TPSA) is 82.1 Å². The van der Waals surface area contributed by atoms with E-state index in [9.17, 15) is 41.0 Å². The Hall–Kier alpha value is -4.22. The van der Waals surface area contributed by atoms with Crippen molar-refractivity contribution in [3.8, 4) is 23.0 Å². The molecular formula is C27H22F6O6. The van der Waals surface area contributed by atoms with Crippen LogP contribution in [0.15, 0.2) is 60.7 Å². The number of methoxy groups -OCH3 is 1.